The lowest BCUT2D eigenvalue weighted by atomic mass is 9.94. The maximum atomic E-state index is 13.7. The Kier molecular flexibility index (Phi) is 10.1. The molecule has 0 bridgehead atoms. The second kappa shape index (κ2) is 13.1. The van der Waals surface area contributed by atoms with Crippen LogP contribution < -0.4 is 5.32 Å². The second-order valence-electron chi connectivity index (χ2n) is 10.2. The van der Waals surface area contributed by atoms with E-state index in [4.69, 9.17) is 11.6 Å². The molecule has 0 saturated heterocycles. The minimum absolute atomic E-state index is 0.0385. The zero-order chi connectivity index (χ0) is 32.4. The van der Waals surface area contributed by atoms with Crippen LogP contribution in [0.15, 0.2) is 71.6 Å². The number of aliphatic hydroxyl groups is 5. The highest BCUT2D eigenvalue weighted by molar-refractivity contribution is 8.00. The van der Waals surface area contributed by atoms with Crippen LogP contribution in [0.2, 0.25) is 5.02 Å². The summed E-state index contributed by atoms with van der Waals surface area (Å²) < 4.78 is 56.1. The van der Waals surface area contributed by atoms with Gasteiger partial charge in [-0.25, -0.2) is 4.39 Å². The predicted octanol–water partition coefficient (Wildman–Crippen LogP) is 3.34. The molecule has 0 saturated carbocycles. The molecule has 0 aliphatic heterocycles. The Morgan fingerprint density at radius 2 is 1.68 bits per heavy atom. The fourth-order valence-electron chi connectivity index (χ4n) is 4.63. The molecule has 1 aromatic heterocycles. The third-order valence-electron chi connectivity index (χ3n) is 6.95. The van der Waals surface area contributed by atoms with E-state index in [0.717, 1.165) is 13.9 Å². The Hall–Kier alpha value is -3.11. The molecule has 0 radical (unpaired) electrons. The monoisotopic (exact) mass is 654 g/mol. The van der Waals surface area contributed by atoms with Crippen LogP contribution in [0, 0.1) is 0 Å². The lowest BCUT2D eigenvalue weighted by molar-refractivity contribution is -0.261. The molecular weight excluding hydrogens is 627 g/mol. The Morgan fingerprint density at radius 3 is 2.27 bits per heavy atom. The van der Waals surface area contributed by atoms with E-state index < -0.39 is 47.8 Å². The van der Waals surface area contributed by atoms with Crippen LogP contribution in [0.4, 0.5) is 17.6 Å². The fraction of sp³-hybridized carbons (Fsp3) is 0.276. The number of thioether (sulfide) groups is 1. The second-order valence-corrected chi connectivity index (χ2v) is 11.9. The average Bonchev–Trinajstić information content (AvgIpc) is 3.28. The molecule has 1 atom stereocenters. The molecule has 1 heterocycles. The maximum Gasteiger partial charge on any atom is 0.416 e. The molecule has 0 aliphatic rings. The number of aliphatic hydroxyl groups excluding tert-OH is 1. The van der Waals surface area contributed by atoms with Crippen LogP contribution in [0.25, 0.3) is 10.9 Å². The number of halogens is 5. The number of hydrogen-bond donors (Lipinski definition) is 6. The number of amides is 1. The van der Waals surface area contributed by atoms with Gasteiger partial charge in [-0.05, 0) is 59.7 Å². The zero-order valence-corrected chi connectivity index (χ0v) is 24.7. The molecular formula is C29H28BClF4N2O6S. The summed E-state index contributed by atoms with van der Waals surface area (Å²) in [5.41, 5.74) is -2.16. The molecule has 6 N–H and O–H groups in total. The third kappa shape index (κ3) is 7.57. The first-order valence-corrected chi connectivity index (χ1v) is 14.4. The van der Waals surface area contributed by atoms with E-state index >= 15 is 0 Å². The van der Waals surface area contributed by atoms with Crippen LogP contribution in [0.5, 0.6) is 0 Å². The van der Waals surface area contributed by atoms with Gasteiger partial charge in [0.15, 0.2) is 13.5 Å². The predicted molar refractivity (Wildman–Crippen MR) is 160 cm³/mol. The molecule has 0 fully saturated rings. The number of nitrogens with one attached hydrogen (secondary N) is 1. The number of aromatic nitrogens is 1. The van der Waals surface area contributed by atoms with E-state index in [1.165, 1.54) is 48.5 Å². The number of benzene rings is 3. The molecule has 1 amide bonds. The summed E-state index contributed by atoms with van der Waals surface area (Å²) in [6, 6.07) is 14.7. The minimum Gasteiger partial charge on any atom is -0.394 e. The van der Waals surface area contributed by atoms with E-state index in [1.807, 2.05) is 0 Å². The van der Waals surface area contributed by atoms with Gasteiger partial charge in [-0.3, -0.25) is 4.79 Å². The van der Waals surface area contributed by atoms with Gasteiger partial charge in [-0.2, -0.15) is 13.2 Å². The summed E-state index contributed by atoms with van der Waals surface area (Å²) in [4.78, 5) is 13.4. The lowest BCUT2D eigenvalue weighted by Crippen LogP contribution is -2.52. The number of hydrogen-bond acceptors (Lipinski definition) is 7. The van der Waals surface area contributed by atoms with Gasteiger partial charge in [0, 0.05) is 38.5 Å². The van der Waals surface area contributed by atoms with Gasteiger partial charge in [0.25, 0.3) is 11.0 Å². The maximum absolute atomic E-state index is 13.7. The van der Waals surface area contributed by atoms with Crippen molar-refractivity contribution in [2.24, 2.45) is 0 Å². The van der Waals surface area contributed by atoms with Gasteiger partial charge in [-0.1, -0.05) is 41.6 Å². The summed E-state index contributed by atoms with van der Waals surface area (Å²) in [5, 5.41) is 49.0. The van der Waals surface area contributed by atoms with Crippen molar-refractivity contribution in [2.75, 3.05) is 13.3 Å². The molecule has 4 aromatic rings. The van der Waals surface area contributed by atoms with Crippen molar-refractivity contribution in [3.8, 4) is 0 Å². The molecule has 1 unspecified atom stereocenters. The SMILES string of the molecule is BC(O)(O)C(O)(O)Sc1ccc(C(CO)NC(=O)c2ccc3c(c2)cc(Cc2ccc(Cl)cc2C(F)(F)F)n3CCF)cc1. The molecule has 0 aliphatic carbocycles. The summed E-state index contributed by atoms with van der Waals surface area (Å²) in [5.74, 6) is -0.567. The quantitative estimate of drug-likeness (QED) is 0.0633. The highest BCUT2D eigenvalue weighted by Gasteiger charge is 2.43. The number of nitrogens with zero attached hydrogens (tertiary/aromatic N) is 1. The fourth-order valence-corrected chi connectivity index (χ4v) is 5.60. The molecule has 234 valence electrons. The summed E-state index contributed by atoms with van der Waals surface area (Å²) in [7, 11) is 0.809. The van der Waals surface area contributed by atoms with Gasteiger partial charge in [0.05, 0.1) is 24.8 Å². The number of carbonyl (C=O) groups excluding carboxylic acids is 1. The smallest absolute Gasteiger partial charge is 0.394 e. The Labute approximate surface area is 259 Å². The number of aryl methyl sites for hydroxylation is 1. The van der Waals surface area contributed by atoms with E-state index in [1.54, 1.807) is 16.7 Å². The van der Waals surface area contributed by atoms with Crippen LogP contribution in [-0.4, -0.2) is 67.9 Å². The van der Waals surface area contributed by atoms with Gasteiger partial charge >= 0.3 is 6.18 Å². The van der Waals surface area contributed by atoms with Crippen molar-refractivity contribution in [1.82, 2.24) is 9.88 Å². The first-order valence-electron chi connectivity index (χ1n) is 13.2. The van der Waals surface area contributed by atoms with Crippen LogP contribution in [-0.2, 0) is 19.1 Å². The van der Waals surface area contributed by atoms with Gasteiger partial charge < -0.3 is 35.4 Å². The van der Waals surface area contributed by atoms with Gasteiger partial charge in [-0.15, -0.1) is 0 Å². The first kappa shape index (κ1) is 33.8. The van der Waals surface area contributed by atoms with Crippen LogP contribution >= 0.6 is 23.4 Å². The molecule has 15 heteroatoms. The van der Waals surface area contributed by atoms with Gasteiger partial charge in [0.2, 0.25) is 0 Å². The van der Waals surface area contributed by atoms with E-state index in [2.05, 4.69) is 5.32 Å². The van der Waals surface area contributed by atoms with Crippen LogP contribution in [0.1, 0.15) is 38.8 Å². The van der Waals surface area contributed by atoms with E-state index in [9.17, 15) is 47.9 Å². The van der Waals surface area contributed by atoms with Crippen molar-refractivity contribution < 1.29 is 47.9 Å². The van der Waals surface area contributed by atoms with Crippen molar-refractivity contribution in [3.63, 3.8) is 0 Å². The molecule has 4 rings (SSSR count). The van der Waals surface area contributed by atoms with E-state index in [0.29, 0.717) is 33.9 Å². The average molecular weight is 655 g/mol. The van der Waals surface area contributed by atoms with E-state index in [-0.39, 0.29) is 34.0 Å². The number of alkyl halides is 4. The number of fused-ring (bicyclic) bond motifs is 1. The summed E-state index contributed by atoms with van der Waals surface area (Å²) in [6.07, 6.45) is -4.81. The number of rotatable bonds is 11. The molecule has 44 heavy (non-hydrogen) atoms. The molecule has 3 aromatic carbocycles. The minimum atomic E-state index is -4.65. The lowest BCUT2D eigenvalue weighted by Gasteiger charge is -2.31. The van der Waals surface area contributed by atoms with Crippen molar-refractivity contribution in [2.45, 2.75) is 40.9 Å². The topological polar surface area (TPSA) is 135 Å². The molecule has 8 nitrogen and oxygen atoms in total. The van der Waals surface area contributed by atoms with Crippen molar-refractivity contribution in [1.29, 1.82) is 0 Å². The van der Waals surface area contributed by atoms with Crippen LogP contribution in [0.3, 0.4) is 0 Å². The Morgan fingerprint density at radius 1 is 1.00 bits per heavy atom. The molecule has 0 spiro atoms. The summed E-state index contributed by atoms with van der Waals surface area (Å²) in [6.45, 7) is -1.36. The van der Waals surface area contributed by atoms with Gasteiger partial charge in [0.1, 0.15) is 6.67 Å². The third-order valence-corrected chi connectivity index (χ3v) is 8.37. The number of carbonyl (C=O) groups is 1. The largest absolute Gasteiger partial charge is 0.416 e. The highest BCUT2D eigenvalue weighted by Crippen LogP contribution is 2.36. The zero-order valence-electron chi connectivity index (χ0n) is 23.1. The van der Waals surface area contributed by atoms with Crippen molar-refractivity contribution in [3.05, 3.63) is 99.7 Å². The highest BCUT2D eigenvalue weighted by atomic mass is 35.5. The standard InChI is InChI=1S/C29H28BClF4N2O6S/c30-28(40,41)29(42,43)44-22-6-2-16(3-7-22)24(15-38)36-26(39)18-4-8-25-19(11-18)13-21(37(25)10-9-32)12-17-1-5-20(31)14-23(17)27(33,34)35/h1-8,11,13-14,24,38,40-43H,9-10,12,15,30H2,(H,36,39). The Balaban J connectivity index is 1.57. The first-order chi connectivity index (χ1) is 20.5. The summed E-state index contributed by atoms with van der Waals surface area (Å²) >= 11 is 6.18. The normalized spacial score (nSPS) is 13.3. The Bertz CT molecular complexity index is 1640. The van der Waals surface area contributed by atoms with Crippen molar-refractivity contribution >= 4 is 48.0 Å².